The maximum absolute atomic E-state index is 13.4. The molecule has 1 aromatic heterocycles. The molecule has 4 heteroatoms. The molecule has 1 N–H and O–H groups in total. The van der Waals surface area contributed by atoms with Gasteiger partial charge in [-0.3, -0.25) is 4.98 Å². The third-order valence-corrected chi connectivity index (χ3v) is 3.23. The van der Waals surface area contributed by atoms with Gasteiger partial charge in [0.1, 0.15) is 5.82 Å². The second kappa shape index (κ2) is 5.46. The standard InChI is InChI=1S/C14H14ClFN2/c1-9-4-3-7-18-13(9)14(17-2)11-8-10(16)5-6-12(11)15/h3-8,14,17H,1-2H3. The SMILES string of the molecule is CNC(c1cc(F)ccc1Cl)c1ncccc1C. The number of pyridine rings is 1. The smallest absolute Gasteiger partial charge is 0.123 e. The molecule has 0 saturated carbocycles. The Morgan fingerprint density at radius 3 is 2.78 bits per heavy atom. The Kier molecular flexibility index (Phi) is 3.94. The molecular formula is C14H14ClFN2. The molecule has 0 bridgehead atoms. The van der Waals surface area contributed by atoms with Crippen molar-refractivity contribution in [1.82, 2.24) is 10.3 Å². The monoisotopic (exact) mass is 264 g/mol. The molecular weight excluding hydrogens is 251 g/mol. The van der Waals surface area contributed by atoms with Crippen molar-refractivity contribution >= 4 is 11.6 Å². The van der Waals surface area contributed by atoms with E-state index < -0.39 is 0 Å². The lowest BCUT2D eigenvalue weighted by Crippen LogP contribution is -2.20. The molecule has 0 aliphatic carbocycles. The Labute approximate surface area is 111 Å². The first kappa shape index (κ1) is 13.0. The summed E-state index contributed by atoms with van der Waals surface area (Å²) >= 11 is 6.14. The summed E-state index contributed by atoms with van der Waals surface area (Å²) in [4.78, 5) is 4.35. The highest BCUT2D eigenvalue weighted by Gasteiger charge is 2.18. The molecule has 1 unspecified atom stereocenters. The van der Waals surface area contributed by atoms with E-state index in [-0.39, 0.29) is 11.9 Å². The number of aromatic nitrogens is 1. The minimum Gasteiger partial charge on any atom is -0.308 e. The zero-order valence-electron chi connectivity index (χ0n) is 10.2. The predicted octanol–water partition coefficient (Wildman–Crippen LogP) is 3.49. The van der Waals surface area contributed by atoms with Crippen molar-refractivity contribution in [2.24, 2.45) is 0 Å². The second-order valence-corrected chi connectivity index (χ2v) is 4.50. The lowest BCUT2D eigenvalue weighted by Gasteiger charge is -2.19. The molecule has 0 saturated heterocycles. The summed E-state index contributed by atoms with van der Waals surface area (Å²) in [6.45, 7) is 1.97. The van der Waals surface area contributed by atoms with Crippen molar-refractivity contribution in [2.45, 2.75) is 13.0 Å². The molecule has 18 heavy (non-hydrogen) atoms. The molecule has 0 amide bonds. The molecule has 0 radical (unpaired) electrons. The number of rotatable bonds is 3. The van der Waals surface area contributed by atoms with Crippen LogP contribution in [-0.2, 0) is 0 Å². The van der Waals surface area contributed by atoms with E-state index in [4.69, 9.17) is 11.6 Å². The average molecular weight is 265 g/mol. The molecule has 2 nitrogen and oxygen atoms in total. The molecule has 0 spiro atoms. The van der Waals surface area contributed by atoms with Crippen LogP contribution in [0, 0.1) is 12.7 Å². The van der Waals surface area contributed by atoms with Crippen molar-refractivity contribution in [3.05, 3.63) is 64.2 Å². The van der Waals surface area contributed by atoms with Gasteiger partial charge in [0.2, 0.25) is 0 Å². The highest BCUT2D eigenvalue weighted by Crippen LogP contribution is 2.29. The van der Waals surface area contributed by atoms with Crippen molar-refractivity contribution in [1.29, 1.82) is 0 Å². The van der Waals surface area contributed by atoms with Crippen LogP contribution < -0.4 is 5.32 Å². The fraction of sp³-hybridized carbons (Fsp3) is 0.214. The Morgan fingerprint density at radius 2 is 2.11 bits per heavy atom. The van der Waals surface area contributed by atoms with Crippen LogP contribution >= 0.6 is 11.6 Å². The first-order valence-electron chi connectivity index (χ1n) is 5.67. The van der Waals surface area contributed by atoms with Crippen molar-refractivity contribution in [3.8, 4) is 0 Å². The summed E-state index contributed by atoms with van der Waals surface area (Å²) in [5.41, 5.74) is 2.59. The zero-order chi connectivity index (χ0) is 13.1. The summed E-state index contributed by atoms with van der Waals surface area (Å²) in [5.74, 6) is -0.303. The summed E-state index contributed by atoms with van der Waals surface area (Å²) in [6.07, 6.45) is 1.72. The van der Waals surface area contributed by atoms with Crippen LogP contribution in [-0.4, -0.2) is 12.0 Å². The Hall–Kier alpha value is -1.45. The zero-order valence-corrected chi connectivity index (χ0v) is 11.0. The Bertz CT molecular complexity index is 557. The van der Waals surface area contributed by atoms with Crippen LogP contribution in [0.3, 0.4) is 0 Å². The lowest BCUT2D eigenvalue weighted by atomic mass is 10.00. The molecule has 1 aromatic carbocycles. The normalized spacial score (nSPS) is 12.4. The van der Waals surface area contributed by atoms with Gasteiger partial charge in [0.15, 0.2) is 0 Å². The fourth-order valence-corrected chi connectivity index (χ4v) is 2.20. The molecule has 0 aliphatic heterocycles. The maximum atomic E-state index is 13.4. The summed E-state index contributed by atoms with van der Waals surface area (Å²) in [5, 5.41) is 3.66. The fourth-order valence-electron chi connectivity index (χ4n) is 1.98. The van der Waals surface area contributed by atoms with Gasteiger partial charge in [-0.15, -0.1) is 0 Å². The minimum absolute atomic E-state index is 0.214. The highest BCUT2D eigenvalue weighted by atomic mass is 35.5. The third-order valence-electron chi connectivity index (χ3n) is 2.88. The van der Waals surface area contributed by atoms with Crippen LogP contribution in [0.5, 0.6) is 0 Å². The molecule has 0 fully saturated rings. The van der Waals surface area contributed by atoms with Crippen LogP contribution in [0.1, 0.15) is 22.9 Å². The number of nitrogens with one attached hydrogen (secondary N) is 1. The number of hydrogen-bond donors (Lipinski definition) is 1. The van der Waals surface area contributed by atoms with Crippen LogP contribution in [0.25, 0.3) is 0 Å². The number of hydrogen-bond acceptors (Lipinski definition) is 2. The van der Waals surface area contributed by atoms with Gasteiger partial charge in [0, 0.05) is 11.2 Å². The van der Waals surface area contributed by atoms with E-state index >= 15 is 0 Å². The van der Waals surface area contributed by atoms with E-state index in [1.807, 2.05) is 19.1 Å². The number of aryl methyl sites for hydroxylation is 1. The quantitative estimate of drug-likeness (QED) is 0.918. The van der Waals surface area contributed by atoms with E-state index in [1.165, 1.54) is 12.1 Å². The molecule has 1 heterocycles. The van der Waals surface area contributed by atoms with Gasteiger partial charge >= 0.3 is 0 Å². The van der Waals surface area contributed by atoms with Gasteiger partial charge < -0.3 is 5.32 Å². The largest absolute Gasteiger partial charge is 0.308 e. The first-order valence-corrected chi connectivity index (χ1v) is 6.05. The Morgan fingerprint density at radius 1 is 1.33 bits per heavy atom. The first-order chi connectivity index (χ1) is 8.63. The van der Waals surface area contributed by atoms with Crippen LogP contribution in [0.2, 0.25) is 5.02 Å². The number of benzene rings is 1. The summed E-state index contributed by atoms with van der Waals surface area (Å²) < 4.78 is 13.4. The summed E-state index contributed by atoms with van der Waals surface area (Å²) in [7, 11) is 1.81. The minimum atomic E-state index is -0.303. The van der Waals surface area contributed by atoms with E-state index in [9.17, 15) is 4.39 Å². The van der Waals surface area contributed by atoms with Crippen molar-refractivity contribution in [2.75, 3.05) is 7.05 Å². The number of halogens is 2. The summed E-state index contributed by atoms with van der Waals surface area (Å²) in [6, 6.07) is 7.99. The molecule has 0 aliphatic rings. The van der Waals surface area contributed by atoms with Gasteiger partial charge in [-0.25, -0.2) is 4.39 Å². The second-order valence-electron chi connectivity index (χ2n) is 4.09. The Balaban J connectivity index is 2.52. The van der Waals surface area contributed by atoms with Crippen molar-refractivity contribution in [3.63, 3.8) is 0 Å². The van der Waals surface area contributed by atoms with E-state index in [1.54, 1.807) is 19.3 Å². The molecule has 2 rings (SSSR count). The van der Waals surface area contributed by atoms with Crippen LogP contribution in [0.15, 0.2) is 36.5 Å². The predicted molar refractivity (Wildman–Crippen MR) is 71.3 cm³/mol. The van der Waals surface area contributed by atoms with E-state index in [0.717, 1.165) is 11.3 Å². The van der Waals surface area contributed by atoms with Crippen molar-refractivity contribution < 1.29 is 4.39 Å². The molecule has 1 atom stereocenters. The van der Waals surface area contributed by atoms with Gasteiger partial charge in [-0.2, -0.15) is 0 Å². The average Bonchev–Trinajstić information content (AvgIpc) is 2.36. The number of nitrogens with zero attached hydrogens (tertiary/aromatic N) is 1. The van der Waals surface area contributed by atoms with E-state index in [0.29, 0.717) is 10.6 Å². The topological polar surface area (TPSA) is 24.9 Å². The van der Waals surface area contributed by atoms with Crippen LogP contribution in [0.4, 0.5) is 4.39 Å². The van der Waals surface area contributed by atoms with Gasteiger partial charge in [0.25, 0.3) is 0 Å². The highest BCUT2D eigenvalue weighted by molar-refractivity contribution is 6.31. The lowest BCUT2D eigenvalue weighted by molar-refractivity contribution is 0.613. The van der Waals surface area contributed by atoms with Gasteiger partial charge in [-0.05, 0) is 49.4 Å². The third kappa shape index (κ3) is 2.52. The van der Waals surface area contributed by atoms with Gasteiger partial charge in [-0.1, -0.05) is 17.7 Å². The molecule has 2 aromatic rings. The molecule has 94 valence electrons. The van der Waals surface area contributed by atoms with E-state index in [2.05, 4.69) is 10.3 Å². The maximum Gasteiger partial charge on any atom is 0.123 e. The van der Waals surface area contributed by atoms with Gasteiger partial charge in [0.05, 0.1) is 11.7 Å².